The van der Waals surface area contributed by atoms with Crippen LogP contribution >= 0.6 is 0 Å². The standard InChI is InChI=1S/C17H18N4/c1-12-5-3-7-14(9-12)17-16(11-18)19-20-21(17)15-8-4-6-13(2)10-15/h3-10H,11,18H2,1-2H3. The van der Waals surface area contributed by atoms with Crippen molar-refractivity contribution in [3.63, 3.8) is 0 Å². The zero-order chi connectivity index (χ0) is 14.8. The lowest BCUT2D eigenvalue weighted by Gasteiger charge is -2.09. The van der Waals surface area contributed by atoms with Gasteiger partial charge in [-0.2, -0.15) is 0 Å². The average molecular weight is 278 g/mol. The van der Waals surface area contributed by atoms with Crippen molar-refractivity contribution in [1.29, 1.82) is 0 Å². The molecule has 3 aromatic rings. The molecule has 1 heterocycles. The first-order chi connectivity index (χ1) is 10.2. The van der Waals surface area contributed by atoms with Crippen molar-refractivity contribution in [3.05, 3.63) is 65.4 Å². The third-order valence-electron chi connectivity index (χ3n) is 3.47. The molecule has 0 amide bonds. The van der Waals surface area contributed by atoms with Crippen LogP contribution in [0.15, 0.2) is 48.5 Å². The van der Waals surface area contributed by atoms with Crippen LogP contribution in [0.1, 0.15) is 16.8 Å². The molecule has 0 aliphatic carbocycles. The van der Waals surface area contributed by atoms with Crippen molar-refractivity contribution in [2.75, 3.05) is 0 Å². The molecule has 21 heavy (non-hydrogen) atoms. The predicted octanol–water partition coefficient (Wildman–Crippen LogP) is 3.01. The van der Waals surface area contributed by atoms with Gasteiger partial charge in [0.25, 0.3) is 0 Å². The van der Waals surface area contributed by atoms with Crippen molar-refractivity contribution in [2.45, 2.75) is 20.4 Å². The largest absolute Gasteiger partial charge is 0.325 e. The summed E-state index contributed by atoms with van der Waals surface area (Å²) < 4.78 is 1.87. The lowest BCUT2D eigenvalue weighted by Crippen LogP contribution is -2.03. The Hall–Kier alpha value is -2.46. The van der Waals surface area contributed by atoms with E-state index >= 15 is 0 Å². The third kappa shape index (κ3) is 2.58. The maximum Gasteiger partial charge on any atom is 0.105 e. The summed E-state index contributed by atoms with van der Waals surface area (Å²) in [5.74, 6) is 0. The minimum absolute atomic E-state index is 0.370. The summed E-state index contributed by atoms with van der Waals surface area (Å²) in [6.07, 6.45) is 0. The van der Waals surface area contributed by atoms with E-state index in [1.807, 2.05) is 22.9 Å². The zero-order valence-corrected chi connectivity index (χ0v) is 12.2. The maximum absolute atomic E-state index is 5.83. The predicted molar refractivity (Wildman–Crippen MR) is 84.2 cm³/mol. The molecular weight excluding hydrogens is 260 g/mol. The molecule has 4 heteroatoms. The van der Waals surface area contributed by atoms with Gasteiger partial charge in [-0.15, -0.1) is 5.10 Å². The molecule has 3 rings (SSSR count). The van der Waals surface area contributed by atoms with Gasteiger partial charge in [0.2, 0.25) is 0 Å². The third-order valence-corrected chi connectivity index (χ3v) is 3.47. The van der Waals surface area contributed by atoms with Crippen molar-refractivity contribution in [3.8, 4) is 16.9 Å². The van der Waals surface area contributed by atoms with Gasteiger partial charge in [0, 0.05) is 12.1 Å². The van der Waals surface area contributed by atoms with Gasteiger partial charge in [-0.25, -0.2) is 4.68 Å². The van der Waals surface area contributed by atoms with Crippen molar-refractivity contribution >= 4 is 0 Å². The van der Waals surface area contributed by atoms with Crippen molar-refractivity contribution < 1.29 is 0 Å². The number of hydrogen-bond acceptors (Lipinski definition) is 3. The fourth-order valence-corrected chi connectivity index (χ4v) is 2.47. The molecular formula is C17H18N4. The van der Waals surface area contributed by atoms with Gasteiger partial charge < -0.3 is 5.73 Å². The SMILES string of the molecule is Cc1cccc(-c2c(CN)nnn2-c2cccc(C)c2)c1. The topological polar surface area (TPSA) is 56.7 Å². The minimum Gasteiger partial charge on any atom is -0.325 e. The molecule has 0 unspecified atom stereocenters. The number of aryl methyl sites for hydroxylation is 2. The van der Waals surface area contributed by atoms with E-state index in [4.69, 9.17) is 5.73 Å². The van der Waals surface area contributed by atoms with Gasteiger partial charge in [0.1, 0.15) is 5.69 Å². The van der Waals surface area contributed by atoms with E-state index < -0.39 is 0 Å². The van der Waals surface area contributed by atoms with Gasteiger partial charge in [0.05, 0.1) is 11.4 Å². The van der Waals surface area contributed by atoms with Crippen molar-refractivity contribution in [1.82, 2.24) is 15.0 Å². The Balaban J connectivity index is 2.21. The first-order valence-corrected chi connectivity index (χ1v) is 6.98. The Kier molecular flexibility index (Phi) is 3.54. The second kappa shape index (κ2) is 5.50. The molecule has 106 valence electrons. The molecule has 1 aromatic heterocycles. The van der Waals surface area contributed by atoms with Crippen LogP contribution in [0.3, 0.4) is 0 Å². The molecule has 0 saturated heterocycles. The van der Waals surface area contributed by atoms with Crippen LogP contribution in [0.5, 0.6) is 0 Å². The van der Waals surface area contributed by atoms with Gasteiger partial charge in [-0.05, 0) is 37.6 Å². The molecule has 0 fully saturated rings. The second-order valence-corrected chi connectivity index (χ2v) is 5.21. The van der Waals surface area contributed by atoms with Crippen LogP contribution in [0.4, 0.5) is 0 Å². The number of rotatable bonds is 3. The number of aromatic nitrogens is 3. The molecule has 0 spiro atoms. The molecule has 0 aliphatic rings. The maximum atomic E-state index is 5.83. The van der Waals surface area contributed by atoms with Crippen LogP contribution < -0.4 is 5.73 Å². The van der Waals surface area contributed by atoms with Crippen molar-refractivity contribution in [2.24, 2.45) is 5.73 Å². The normalized spacial score (nSPS) is 10.8. The number of nitrogens with two attached hydrogens (primary N) is 1. The summed E-state index contributed by atoms with van der Waals surface area (Å²) in [6, 6.07) is 16.5. The lowest BCUT2D eigenvalue weighted by molar-refractivity contribution is 0.799. The summed E-state index contributed by atoms with van der Waals surface area (Å²) in [5, 5.41) is 8.53. The Bertz CT molecular complexity index is 774. The van der Waals surface area contributed by atoms with E-state index in [0.717, 1.165) is 22.6 Å². The van der Waals surface area contributed by atoms with Crippen LogP contribution in [-0.2, 0) is 6.54 Å². The summed E-state index contributed by atoms with van der Waals surface area (Å²) in [6.45, 7) is 4.51. The molecule has 0 atom stereocenters. The molecule has 2 aromatic carbocycles. The summed E-state index contributed by atoms with van der Waals surface area (Å²) in [7, 11) is 0. The average Bonchev–Trinajstić information content (AvgIpc) is 2.91. The van der Waals surface area contributed by atoms with Gasteiger partial charge in [0.15, 0.2) is 0 Å². The first kappa shape index (κ1) is 13.5. The van der Waals surface area contributed by atoms with E-state index in [1.165, 1.54) is 11.1 Å². The lowest BCUT2D eigenvalue weighted by atomic mass is 10.1. The Morgan fingerprint density at radius 2 is 1.71 bits per heavy atom. The molecule has 0 aliphatic heterocycles. The highest BCUT2D eigenvalue weighted by Gasteiger charge is 2.15. The summed E-state index contributed by atoms with van der Waals surface area (Å²) >= 11 is 0. The quantitative estimate of drug-likeness (QED) is 0.801. The highest BCUT2D eigenvalue weighted by Crippen LogP contribution is 2.26. The van der Waals surface area contributed by atoms with E-state index in [9.17, 15) is 0 Å². The van der Waals surface area contributed by atoms with E-state index in [-0.39, 0.29) is 0 Å². The van der Waals surface area contributed by atoms with E-state index in [2.05, 4.69) is 54.5 Å². The number of nitrogens with zero attached hydrogens (tertiary/aromatic N) is 3. The van der Waals surface area contributed by atoms with Gasteiger partial charge in [-0.1, -0.05) is 41.1 Å². The molecule has 0 radical (unpaired) electrons. The zero-order valence-electron chi connectivity index (χ0n) is 12.2. The Labute approximate surface area is 124 Å². The summed E-state index contributed by atoms with van der Waals surface area (Å²) in [4.78, 5) is 0. The first-order valence-electron chi connectivity index (χ1n) is 6.98. The fourth-order valence-electron chi connectivity index (χ4n) is 2.47. The number of hydrogen-bond donors (Lipinski definition) is 1. The van der Waals surface area contributed by atoms with Gasteiger partial charge >= 0.3 is 0 Å². The highest BCUT2D eigenvalue weighted by atomic mass is 15.4. The molecule has 0 saturated carbocycles. The molecule has 4 nitrogen and oxygen atoms in total. The Morgan fingerprint density at radius 1 is 1.00 bits per heavy atom. The Morgan fingerprint density at radius 3 is 2.38 bits per heavy atom. The minimum atomic E-state index is 0.370. The van der Waals surface area contributed by atoms with Crippen LogP contribution in [-0.4, -0.2) is 15.0 Å². The number of benzene rings is 2. The van der Waals surface area contributed by atoms with Gasteiger partial charge in [-0.3, -0.25) is 0 Å². The van der Waals surface area contributed by atoms with Crippen LogP contribution in [0.2, 0.25) is 0 Å². The smallest absolute Gasteiger partial charge is 0.105 e. The summed E-state index contributed by atoms with van der Waals surface area (Å²) in [5.41, 5.74) is 12.1. The van der Waals surface area contributed by atoms with E-state index in [0.29, 0.717) is 6.54 Å². The molecule has 0 bridgehead atoms. The fraction of sp³-hybridized carbons (Fsp3) is 0.176. The van der Waals surface area contributed by atoms with Crippen LogP contribution in [0.25, 0.3) is 16.9 Å². The highest BCUT2D eigenvalue weighted by molar-refractivity contribution is 5.65. The van der Waals surface area contributed by atoms with E-state index in [1.54, 1.807) is 0 Å². The second-order valence-electron chi connectivity index (χ2n) is 5.21. The molecule has 2 N–H and O–H groups in total. The van der Waals surface area contributed by atoms with Crippen LogP contribution in [0, 0.1) is 13.8 Å². The monoisotopic (exact) mass is 278 g/mol.